The van der Waals surface area contributed by atoms with Crippen molar-refractivity contribution in [3.8, 4) is 5.69 Å². The zero-order chi connectivity index (χ0) is 20.0. The van der Waals surface area contributed by atoms with Crippen LogP contribution in [0.25, 0.3) is 5.69 Å². The molecule has 0 spiro atoms. The van der Waals surface area contributed by atoms with Gasteiger partial charge in [-0.2, -0.15) is 5.10 Å². The molecule has 0 saturated carbocycles. The number of anilines is 1. The molecule has 3 aromatic rings. The third-order valence-electron chi connectivity index (χ3n) is 5.25. The van der Waals surface area contributed by atoms with Gasteiger partial charge in [0, 0.05) is 21.9 Å². The Labute approximate surface area is 167 Å². The Morgan fingerprint density at radius 2 is 1.79 bits per heavy atom. The number of carbonyl (C=O) groups is 1. The Bertz CT molecular complexity index is 1130. The Morgan fingerprint density at radius 3 is 2.50 bits per heavy atom. The van der Waals surface area contributed by atoms with Crippen LogP contribution in [0.2, 0.25) is 0 Å². The Morgan fingerprint density at radius 1 is 1.00 bits per heavy atom. The maximum absolute atomic E-state index is 13.0. The van der Waals surface area contributed by atoms with Crippen LogP contribution in [0, 0.1) is 27.7 Å². The third kappa shape index (κ3) is 3.29. The molecular formula is C22H23N3O2S. The Balaban J connectivity index is 1.78. The van der Waals surface area contributed by atoms with Crippen molar-refractivity contribution >= 4 is 22.5 Å². The number of nitrogens with one attached hydrogen (secondary N) is 1. The predicted molar refractivity (Wildman–Crippen MR) is 112 cm³/mol. The summed E-state index contributed by atoms with van der Waals surface area (Å²) in [6, 6.07) is 11.8. The second-order valence-corrected chi connectivity index (χ2v) is 8.91. The number of aryl methyl sites for hydroxylation is 4. The van der Waals surface area contributed by atoms with Gasteiger partial charge in [0.2, 0.25) is 0 Å². The molecule has 0 fully saturated rings. The van der Waals surface area contributed by atoms with Gasteiger partial charge in [0.25, 0.3) is 5.91 Å². The van der Waals surface area contributed by atoms with Crippen molar-refractivity contribution in [2.45, 2.75) is 39.2 Å². The van der Waals surface area contributed by atoms with Crippen LogP contribution in [-0.4, -0.2) is 19.9 Å². The third-order valence-corrected chi connectivity index (χ3v) is 6.46. The zero-order valence-electron chi connectivity index (χ0n) is 16.5. The van der Waals surface area contributed by atoms with Crippen LogP contribution in [0.1, 0.15) is 43.9 Å². The lowest BCUT2D eigenvalue weighted by Gasteiger charge is -2.14. The fourth-order valence-electron chi connectivity index (χ4n) is 3.54. The lowest BCUT2D eigenvalue weighted by atomic mass is 10.1. The van der Waals surface area contributed by atoms with E-state index in [1.54, 1.807) is 4.68 Å². The average Bonchev–Trinajstić information content (AvgIpc) is 3.14. The van der Waals surface area contributed by atoms with Gasteiger partial charge in [-0.05, 0) is 62.6 Å². The molecule has 1 aliphatic rings. The van der Waals surface area contributed by atoms with E-state index in [1.807, 2.05) is 58.0 Å². The summed E-state index contributed by atoms with van der Waals surface area (Å²) >= 11 is 0. The number of nitrogens with zero attached hydrogens (tertiary/aromatic N) is 2. The highest BCUT2D eigenvalue weighted by Gasteiger charge is 2.29. The zero-order valence-corrected chi connectivity index (χ0v) is 17.3. The number of rotatable bonds is 3. The number of aromatic nitrogens is 2. The van der Waals surface area contributed by atoms with Gasteiger partial charge in [-0.3, -0.25) is 9.00 Å². The van der Waals surface area contributed by atoms with Crippen LogP contribution >= 0.6 is 0 Å². The summed E-state index contributed by atoms with van der Waals surface area (Å²) in [5, 5.41) is 7.73. The molecule has 1 amide bonds. The van der Waals surface area contributed by atoms with Crippen molar-refractivity contribution in [1.82, 2.24) is 9.78 Å². The summed E-state index contributed by atoms with van der Waals surface area (Å²) < 4.78 is 13.8. The highest BCUT2D eigenvalue weighted by atomic mass is 32.2. The molecule has 2 heterocycles. The normalized spacial score (nSPS) is 15.5. The molecule has 6 heteroatoms. The van der Waals surface area contributed by atoms with E-state index >= 15 is 0 Å². The number of fused-ring (bicyclic) bond motifs is 1. The summed E-state index contributed by atoms with van der Waals surface area (Å²) in [5.74, 6) is 1.29. The molecule has 0 unspecified atom stereocenters. The first kappa shape index (κ1) is 18.6. The molecule has 0 aliphatic carbocycles. The summed E-state index contributed by atoms with van der Waals surface area (Å²) in [7, 11) is -0.965. The fourth-order valence-corrected chi connectivity index (χ4v) is 4.80. The van der Waals surface area contributed by atoms with Gasteiger partial charge in [0.05, 0.1) is 22.9 Å². The lowest BCUT2D eigenvalue weighted by molar-refractivity contribution is 0.102. The monoisotopic (exact) mass is 393 g/mol. The van der Waals surface area contributed by atoms with E-state index in [2.05, 4.69) is 16.5 Å². The standard InChI is InChI=1S/C22H23N3O2S/c1-13-5-8-20(16(4)9-13)25-21(18-11-28(27)12-19(18)24-25)23-22(26)17-7-6-14(2)15(3)10-17/h5-10H,11-12H2,1-4H3,(H,23,26)/t28-/m0/s1. The minimum absolute atomic E-state index is 0.186. The maximum Gasteiger partial charge on any atom is 0.256 e. The quantitative estimate of drug-likeness (QED) is 0.728. The van der Waals surface area contributed by atoms with Crippen molar-refractivity contribution in [2.24, 2.45) is 0 Å². The Kier molecular flexibility index (Phi) is 4.67. The summed E-state index contributed by atoms with van der Waals surface area (Å²) in [4.78, 5) is 13.0. The minimum Gasteiger partial charge on any atom is -0.306 e. The van der Waals surface area contributed by atoms with Gasteiger partial charge in [0.1, 0.15) is 5.82 Å². The minimum atomic E-state index is -0.965. The predicted octanol–water partition coefficient (Wildman–Crippen LogP) is 4.12. The van der Waals surface area contributed by atoms with E-state index < -0.39 is 10.8 Å². The second kappa shape index (κ2) is 7.02. The molecule has 28 heavy (non-hydrogen) atoms. The topological polar surface area (TPSA) is 64.0 Å². The highest BCUT2D eigenvalue weighted by Crippen LogP contribution is 2.32. The molecule has 1 N–H and O–H groups in total. The second-order valence-electron chi connectivity index (χ2n) is 7.46. The van der Waals surface area contributed by atoms with E-state index in [0.717, 1.165) is 33.6 Å². The van der Waals surface area contributed by atoms with Gasteiger partial charge in [-0.1, -0.05) is 23.8 Å². The van der Waals surface area contributed by atoms with E-state index in [-0.39, 0.29) is 5.91 Å². The molecule has 5 nitrogen and oxygen atoms in total. The van der Waals surface area contributed by atoms with Gasteiger partial charge < -0.3 is 5.32 Å². The van der Waals surface area contributed by atoms with Crippen LogP contribution in [0.3, 0.4) is 0 Å². The van der Waals surface area contributed by atoms with E-state index in [4.69, 9.17) is 0 Å². The largest absolute Gasteiger partial charge is 0.306 e. The van der Waals surface area contributed by atoms with E-state index in [0.29, 0.717) is 22.9 Å². The van der Waals surface area contributed by atoms with Crippen molar-refractivity contribution < 1.29 is 9.00 Å². The van der Waals surface area contributed by atoms with Crippen LogP contribution in [-0.2, 0) is 22.3 Å². The van der Waals surface area contributed by atoms with E-state index in [9.17, 15) is 9.00 Å². The van der Waals surface area contributed by atoms with Crippen molar-refractivity contribution in [2.75, 3.05) is 5.32 Å². The molecule has 1 atom stereocenters. The molecule has 4 rings (SSSR count). The summed E-state index contributed by atoms with van der Waals surface area (Å²) in [5.41, 5.74) is 7.65. The first-order valence-electron chi connectivity index (χ1n) is 9.25. The number of amides is 1. The smallest absolute Gasteiger partial charge is 0.256 e. The molecule has 1 aromatic heterocycles. The highest BCUT2D eigenvalue weighted by molar-refractivity contribution is 7.83. The number of hydrogen-bond acceptors (Lipinski definition) is 3. The lowest BCUT2D eigenvalue weighted by Crippen LogP contribution is -2.17. The van der Waals surface area contributed by atoms with Gasteiger partial charge in [-0.15, -0.1) is 0 Å². The SMILES string of the molecule is Cc1ccc(-n2nc3c(c2NC(=O)c2ccc(C)c(C)c2)C[S@](=O)C3)c(C)c1. The number of hydrogen-bond donors (Lipinski definition) is 1. The Hall–Kier alpha value is -2.73. The van der Waals surface area contributed by atoms with Gasteiger partial charge in [0.15, 0.2) is 0 Å². The molecule has 0 bridgehead atoms. The first-order valence-corrected chi connectivity index (χ1v) is 10.7. The number of carbonyl (C=O) groups excluding carboxylic acids is 1. The molecule has 2 aromatic carbocycles. The van der Waals surface area contributed by atoms with Crippen LogP contribution in [0.15, 0.2) is 36.4 Å². The van der Waals surface area contributed by atoms with Crippen molar-refractivity contribution in [3.63, 3.8) is 0 Å². The molecule has 0 radical (unpaired) electrons. The maximum atomic E-state index is 13.0. The van der Waals surface area contributed by atoms with Crippen LogP contribution < -0.4 is 5.32 Å². The van der Waals surface area contributed by atoms with Gasteiger partial charge >= 0.3 is 0 Å². The van der Waals surface area contributed by atoms with Crippen LogP contribution in [0.5, 0.6) is 0 Å². The summed E-state index contributed by atoms with van der Waals surface area (Å²) in [6.45, 7) is 8.09. The van der Waals surface area contributed by atoms with Crippen molar-refractivity contribution in [1.29, 1.82) is 0 Å². The molecular weight excluding hydrogens is 370 g/mol. The van der Waals surface area contributed by atoms with Gasteiger partial charge in [-0.25, -0.2) is 4.68 Å². The molecule has 144 valence electrons. The average molecular weight is 394 g/mol. The summed E-state index contributed by atoms with van der Waals surface area (Å²) in [6.07, 6.45) is 0. The van der Waals surface area contributed by atoms with Crippen molar-refractivity contribution in [3.05, 3.63) is 75.5 Å². The molecule has 1 aliphatic heterocycles. The first-order chi connectivity index (χ1) is 13.3. The fraction of sp³-hybridized carbons (Fsp3) is 0.273. The van der Waals surface area contributed by atoms with Crippen LogP contribution in [0.4, 0.5) is 5.82 Å². The van der Waals surface area contributed by atoms with E-state index in [1.165, 1.54) is 5.56 Å². The molecule has 0 saturated heterocycles. The number of benzene rings is 2.